The lowest BCUT2D eigenvalue weighted by Crippen LogP contribution is -2.33. The summed E-state index contributed by atoms with van der Waals surface area (Å²) in [6, 6.07) is 12.4. The smallest absolute Gasteiger partial charge is 0.338 e. The molecular weight excluding hydrogens is 448 g/mol. The molecule has 2 aromatic carbocycles. The summed E-state index contributed by atoms with van der Waals surface area (Å²) in [5.41, 5.74) is 2.81. The highest BCUT2D eigenvalue weighted by atomic mass is 16.5. The Morgan fingerprint density at radius 2 is 1.57 bits per heavy atom. The van der Waals surface area contributed by atoms with Crippen LogP contribution in [0.15, 0.2) is 60.2 Å². The van der Waals surface area contributed by atoms with Gasteiger partial charge < -0.3 is 10.1 Å². The lowest BCUT2D eigenvalue weighted by molar-refractivity contribution is -0.123. The number of hydrogen-bond donors (Lipinski definition) is 1. The maximum absolute atomic E-state index is 13.1. The highest BCUT2D eigenvalue weighted by Crippen LogP contribution is 2.55. The van der Waals surface area contributed by atoms with Crippen molar-refractivity contribution in [1.82, 2.24) is 0 Å². The van der Waals surface area contributed by atoms with Crippen LogP contribution in [-0.2, 0) is 19.1 Å². The maximum Gasteiger partial charge on any atom is 0.338 e. The first-order chi connectivity index (χ1) is 16.7. The molecule has 2 aromatic rings. The van der Waals surface area contributed by atoms with Crippen LogP contribution < -0.4 is 10.2 Å². The number of anilines is 2. The van der Waals surface area contributed by atoms with Gasteiger partial charge in [0, 0.05) is 11.3 Å². The van der Waals surface area contributed by atoms with Crippen LogP contribution in [0.1, 0.15) is 41.0 Å². The number of rotatable bonds is 6. The van der Waals surface area contributed by atoms with Crippen molar-refractivity contribution in [3.05, 3.63) is 71.3 Å². The number of esters is 1. The highest BCUT2D eigenvalue weighted by Gasteiger charge is 2.60. The molecule has 2 bridgehead atoms. The van der Waals surface area contributed by atoms with Gasteiger partial charge in [0.05, 0.1) is 23.1 Å². The van der Waals surface area contributed by atoms with Gasteiger partial charge in [-0.1, -0.05) is 11.6 Å². The summed E-state index contributed by atoms with van der Waals surface area (Å²) in [5, 5.41) is 2.59. The van der Waals surface area contributed by atoms with Crippen LogP contribution in [0.3, 0.4) is 0 Å². The Balaban J connectivity index is 1.18. The van der Waals surface area contributed by atoms with Gasteiger partial charge in [-0.25, -0.2) is 4.79 Å². The zero-order chi connectivity index (χ0) is 24.9. The Morgan fingerprint density at radius 1 is 0.943 bits per heavy atom. The highest BCUT2D eigenvalue weighted by molar-refractivity contribution is 6.23. The Hall–Kier alpha value is -4.07. The van der Waals surface area contributed by atoms with Crippen molar-refractivity contribution in [1.29, 1.82) is 0 Å². The monoisotopic (exact) mass is 472 g/mol. The van der Waals surface area contributed by atoms with E-state index in [0.717, 1.165) is 6.42 Å². The number of allylic oxidation sites excluding steroid dienone is 2. The number of nitrogens with zero attached hydrogens (tertiary/aromatic N) is 1. The molecule has 4 atom stereocenters. The third-order valence-corrected chi connectivity index (χ3v) is 7.15. The van der Waals surface area contributed by atoms with Crippen LogP contribution in [0.25, 0.3) is 0 Å². The van der Waals surface area contributed by atoms with E-state index < -0.39 is 18.5 Å². The number of imide groups is 1. The first-order valence-electron chi connectivity index (χ1n) is 11.5. The van der Waals surface area contributed by atoms with Gasteiger partial charge >= 0.3 is 5.97 Å². The number of ketones is 1. The van der Waals surface area contributed by atoms with Crippen molar-refractivity contribution in [2.45, 2.75) is 20.3 Å². The number of hydrogen-bond acceptors (Lipinski definition) is 6. The molecule has 1 heterocycles. The summed E-state index contributed by atoms with van der Waals surface area (Å²) in [7, 11) is 0. The largest absolute Gasteiger partial charge is 0.452 e. The standard InChI is InChI=1S/C27H24N2O6/c1-14-11-18-12-21(14)24-23(18)25(32)29(26(24)33)20-9-5-17(6-10-20)27(34)35-13-22(31)28-19-7-3-16(4-8-19)15(2)30/h3-11,18,21,23-24H,12-13H2,1-2H3,(H,28,31)/t18-,21+,23+,24+/m0/s1. The Kier molecular flexibility index (Phi) is 5.59. The molecule has 2 fully saturated rings. The minimum atomic E-state index is -0.701. The van der Waals surface area contributed by atoms with E-state index in [9.17, 15) is 24.0 Å². The molecule has 3 aliphatic rings. The number of amides is 3. The second-order valence-corrected chi connectivity index (χ2v) is 9.28. The van der Waals surface area contributed by atoms with E-state index in [1.807, 2.05) is 6.92 Å². The van der Waals surface area contributed by atoms with Crippen LogP contribution in [0.2, 0.25) is 0 Å². The van der Waals surface area contributed by atoms with E-state index in [1.165, 1.54) is 29.5 Å². The summed E-state index contributed by atoms with van der Waals surface area (Å²) in [5.74, 6) is -1.99. The second kappa shape index (κ2) is 8.61. The number of fused-ring (bicyclic) bond motifs is 5. The van der Waals surface area contributed by atoms with E-state index in [4.69, 9.17) is 4.74 Å². The molecule has 2 aliphatic carbocycles. The summed E-state index contributed by atoms with van der Waals surface area (Å²) in [6.07, 6.45) is 2.99. The molecule has 8 nitrogen and oxygen atoms in total. The number of nitrogens with one attached hydrogen (secondary N) is 1. The van der Waals surface area contributed by atoms with Gasteiger partial charge in [-0.05, 0) is 80.6 Å². The second-order valence-electron chi connectivity index (χ2n) is 9.28. The molecule has 0 unspecified atom stereocenters. The molecule has 3 amide bonds. The number of ether oxygens (including phenoxy) is 1. The lowest BCUT2D eigenvalue weighted by Gasteiger charge is -2.19. The number of carbonyl (C=O) groups excluding carboxylic acids is 5. The van der Waals surface area contributed by atoms with Crippen molar-refractivity contribution in [3.8, 4) is 0 Å². The SMILES string of the molecule is CC(=O)c1ccc(NC(=O)COC(=O)c2ccc(N3C(=O)[C@H]4[C@H](C3=O)[C@H]3C=C(C)[C@H]4C3)cc2)cc1. The van der Waals surface area contributed by atoms with Gasteiger partial charge in [0.15, 0.2) is 12.4 Å². The first-order valence-corrected chi connectivity index (χ1v) is 11.5. The topological polar surface area (TPSA) is 110 Å². The van der Waals surface area contributed by atoms with Gasteiger partial charge in [-0.3, -0.25) is 24.1 Å². The quantitative estimate of drug-likeness (QED) is 0.299. The zero-order valence-electron chi connectivity index (χ0n) is 19.3. The van der Waals surface area contributed by atoms with Gasteiger partial charge in [0.25, 0.3) is 5.91 Å². The third-order valence-electron chi connectivity index (χ3n) is 7.15. The minimum absolute atomic E-state index is 0.0802. The first kappa shape index (κ1) is 22.7. The van der Waals surface area contributed by atoms with E-state index >= 15 is 0 Å². The van der Waals surface area contributed by atoms with Gasteiger partial charge in [0.1, 0.15) is 0 Å². The summed E-state index contributed by atoms with van der Waals surface area (Å²) < 4.78 is 5.08. The van der Waals surface area contributed by atoms with Crippen molar-refractivity contribution in [2.75, 3.05) is 16.8 Å². The molecule has 0 spiro atoms. The van der Waals surface area contributed by atoms with E-state index in [0.29, 0.717) is 16.9 Å². The molecule has 35 heavy (non-hydrogen) atoms. The summed E-state index contributed by atoms with van der Waals surface area (Å²) in [4.78, 5) is 63.1. The predicted octanol–water partition coefficient (Wildman–Crippen LogP) is 3.39. The van der Waals surface area contributed by atoms with E-state index in [-0.39, 0.29) is 46.8 Å². The van der Waals surface area contributed by atoms with Crippen molar-refractivity contribution in [2.24, 2.45) is 23.7 Å². The predicted molar refractivity (Wildman–Crippen MR) is 127 cm³/mol. The summed E-state index contributed by atoms with van der Waals surface area (Å²) in [6.45, 7) is 2.98. The Bertz CT molecular complexity index is 1280. The molecule has 1 aliphatic heterocycles. The van der Waals surface area contributed by atoms with E-state index in [1.54, 1.807) is 36.4 Å². The maximum atomic E-state index is 13.1. The average molecular weight is 472 g/mol. The third kappa shape index (κ3) is 3.95. The minimum Gasteiger partial charge on any atom is -0.452 e. The van der Waals surface area contributed by atoms with Crippen LogP contribution in [0, 0.1) is 23.7 Å². The summed E-state index contributed by atoms with van der Waals surface area (Å²) >= 11 is 0. The molecule has 0 radical (unpaired) electrons. The van der Waals surface area contributed by atoms with Crippen LogP contribution >= 0.6 is 0 Å². The number of Topliss-reactive ketones (excluding diaryl/α,β-unsaturated/α-hetero) is 1. The van der Waals surface area contributed by atoms with Crippen LogP contribution in [0.4, 0.5) is 11.4 Å². The molecule has 178 valence electrons. The molecule has 8 heteroatoms. The van der Waals surface area contributed by atoms with Crippen molar-refractivity contribution >= 4 is 40.8 Å². The molecule has 0 aromatic heterocycles. The van der Waals surface area contributed by atoms with Crippen molar-refractivity contribution < 1.29 is 28.7 Å². The van der Waals surface area contributed by atoms with Crippen LogP contribution in [-0.4, -0.2) is 36.1 Å². The van der Waals surface area contributed by atoms with Crippen molar-refractivity contribution in [3.63, 3.8) is 0 Å². The Labute approximate surface area is 201 Å². The van der Waals surface area contributed by atoms with Gasteiger partial charge in [0.2, 0.25) is 11.8 Å². The molecule has 1 saturated carbocycles. The fourth-order valence-electron chi connectivity index (χ4n) is 5.48. The van der Waals surface area contributed by atoms with Gasteiger partial charge in [-0.15, -0.1) is 0 Å². The zero-order valence-corrected chi connectivity index (χ0v) is 19.3. The van der Waals surface area contributed by atoms with Gasteiger partial charge in [-0.2, -0.15) is 0 Å². The average Bonchev–Trinajstić information content (AvgIpc) is 3.48. The van der Waals surface area contributed by atoms with E-state index in [2.05, 4.69) is 11.4 Å². The normalized spacial score (nSPS) is 24.3. The van der Waals surface area contributed by atoms with Crippen LogP contribution in [0.5, 0.6) is 0 Å². The number of benzene rings is 2. The fraction of sp³-hybridized carbons (Fsp3) is 0.296. The molecular formula is C27H24N2O6. The fourth-order valence-corrected chi connectivity index (χ4v) is 5.48. The molecule has 1 N–H and O–H groups in total. The lowest BCUT2D eigenvalue weighted by atomic mass is 9.82. The Morgan fingerprint density at radius 3 is 2.23 bits per heavy atom. The molecule has 1 saturated heterocycles. The molecule has 5 rings (SSSR count). The number of carbonyl (C=O) groups is 5.